The van der Waals surface area contributed by atoms with E-state index < -0.39 is 16.1 Å². The molecule has 0 unspecified atom stereocenters. The van der Waals surface area contributed by atoms with Crippen LogP contribution < -0.4 is 10.0 Å². The topological polar surface area (TPSA) is 78.5 Å². The average molecular weight is 334 g/mol. The Balaban J connectivity index is 3.24. The van der Waals surface area contributed by atoms with Gasteiger partial charge >= 0.3 is 6.03 Å². The van der Waals surface area contributed by atoms with Gasteiger partial charge in [-0.15, -0.1) is 0 Å². The molecule has 8 heteroatoms. The van der Waals surface area contributed by atoms with E-state index in [0.29, 0.717) is 17.1 Å². The van der Waals surface area contributed by atoms with Crippen LogP contribution in [0.15, 0.2) is 23.1 Å². The molecule has 0 saturated carbocycles. The van der Waals surface area contributed by atoms with Crippen molar-refractivity contribution >= 4 is 27.7 Å². The fourth-order valence-corrected chi connectivity index (χ4v) is 3.35. The standard InChI is InChI=1S/C13H20ClN3O3S/c1-4-17(5-2)9-10-11(14)7-6-8-12(10)21(19,20)16-13(18)15-3/h6-8H,4-5,9H2,1-3H3,(H2,15,16,18). The molecule has 2 amide bonds. The molecule has 1 aromatic rings. The summed E-state index contributed by atoms with van der Waals surface area (Å²) < 4.78 is 26.5. The molecule has 0 radical (unpaired) electrons. The molecule has 0 aliphatic carbocycles. The van der Waals surface area contributed by atoms with E-state index in [-0.39, 0.29) is 4.90 Å². The molecule has 118 valence electrons. The Bertz CT molecular complexity index is 601. The lowest BCUT2D eigenvalue weighted by Crippen LogP contribution is -2.38. The lowest BCUT2D eigenvalue weighted by molar-refractivity contribution is 0.247. The number of carbonyl (C=O) groups excluding carboxylic acids is 1. The summed E-state index contributed by atoms with van der Waals surface area (Å²) in [7, 11) is -2.61. The largest absolute Gasteiger partial charge is 0.340 e. The second-order valence-electron chi connectivity index (χ2n) is 4.36. The SMILES string of the molecule is CCN(CC)Cc1c(Cl)cccc1S(=O)(=O)NC(=O)NC. The zero-order valence-corrected chi connectivity index (χ0v) is 13.9. The highest BCUT2D eigenvalue weighted by Gasteiger charge is 2.23. The number of hydrogen-bond donors (Lipinski definition) is 2. The Kier molecular flexibility index (Phi) is 6.44. The van der Waals surface area contributed by atoms with Crippen molar-refractivity contribution in [2.24, 2.45) is 0 Å². The van der Waals surface area contributed by atoms with Crippen molar-refractivity contribution in [1.29, 1.82) is 0 Å². The molecular formula is C13H20ClN3O3S. The van der Waals surface area contributed by atoms with Crippen molar-refractivity contribution in [3.63, 3.8) is 0 Å². The first kappa shape index (κ1) is 17.7. The van der Waals surface area contributed by atoms with E-state index in [0.717, 1.165) is 13.1 Å². The van der Waals surface area contributed by atoms with Crippen molar-refractivity contribution in [3.05, 3.63) is 28.8 Å². The summed E-state index contributed by atoms with van der Waals surface area (Å²) in [5.74, 6) is 0. The molecule has 2 N–H and O–H groups in total. The summed E-state index contributed by atoms with van der Waals surface area (Å²) in [5, 5.41) is 2.58. The van der Waals surface area contributed by atoms with E-state index in [9.17, 15) is 13.2 Å². The lowest BCUT2D eigenvalue weighted by atomic mass is 10.2. The highest BCUT2D eigenvalue weighted by molar-refractivity contribution is 7.90. The van der Waals surface area contributed by atoms with Gasteiger partial charge in [0.05, 0.1) is 4.90 Å². The van der Waals surface area contributed by atoms with E-state index in [1.807, 2.05) is 23.5 Å². The minimum absolute atomic E-state index is 0.0190. The third kappa shape index (κ3) is 4.59. The number of halogens is 1. The monoisotopic (exact) mass is 333 g/mol. The number of sulfonamides is 1. The van der Waals surface area contributed by atoms with Crippen molar-refractivity contribution in [2.45, 2.75) is 25.3 Å². The predicted octanol–water partition coefficient (Wildman–Crippen LogP) is 1.80. The maximum Gasteiger partial charge on any atom is 0.328 e. The van der Waals surface area contributed by atoms with Gasteiger partial charge in [0.25, 0.3) is 10.0 Å². The number of nitrogens with one attached hydrogen (secondary N) is 2. The predicted molar refractivity (Wildman–Crippen MR) is 82.9 cm³/mol. The van der Waals surface area contributed by atoms with Gasteiger partial charge in [-0.1, -0.05) is 31.5 Å². The van der Waals surface area contributed by atoms with E-state index in [4.69, 9.17) is 11.6 Å². The minimum Gasteiger partial charge on any atom is -0.340 e. The molecule has 0 saturated heterocycles. The van der Waals surface area contributed by atoms with Crippen LogP contribution in [0, 0.1) is 0 Å². The molecule has 1 aromatic carbocycles. The number of rotatable bonds is 6. The Morgan fingerprint density at radius 3 is 2.43 bits per heavy atom. The van der Waals surface area contributed by atoms with Gasteiger partial charge in [-0.2, -0.15) is 0 Å². The molecule has 0 spiro atoms. The molecular weight excluding hydrogens is 314 g/mol. The van der Waals surface area contributed by atoms with Crippen molar-refractivity contribution < 1.29 is 13.2 Å². The number of nitrogens with zero attached hydrogens (tertiary/aromatic N) is 1. The second kappa shape index (κ2) is 7.63. The fraction of sp³-hybridized carbons (Fsp3) is 0.462. The lowest BCUT2D eigenvalue weighted by Gasteiger charge is -2.21. The van der Waals surface area contributed by atoms with E-state index >= 15 is 0 Å². The van der Waals surface area contributed by atoms with E-state index in [1.165, 1.54) is 13.1 Å². The number of amides is 2. The van der Waals surface area contributed by atoms with Gasteiger partial charge in [-0.3, -0.25) is 4.90 Å². The van der Waals surface area contributed by atoms with Crippen LogP contribution in [0.1, 0.15) is 19.4 Å². The Hall–Kier alpha value is -1.31. The van der Waals surface area contributed by atoms with Gasteiger partial charge in [0.2, 0.25) is 0 Å². The van der Waals surface area contributed by atoms with Crippen LogP contribution in [-0.4, -0.2) is 39.5 Å². The second-order valence-corrected chi connectivity index (χ2v) is 6.42. The van der Waals surface area contributed by atoms with Crippen LogP contribution in [0.25, 0.3) is 0 Å². The van der Waals surface area contributed by atoms with Crippen molar-refractivity contribution in [3.8, 4) is 0 Å². The van der Waals surface area contributed by atoms with E-state index in [2.05, 4.69) is 5.32 Å². The quantitative estimate of drug-likeness (QED) is 0.832. The zero-order chi connectivity index (χ0) is 16.0. The van der Waals surface area contributed by atoms with Gasteiger partial charge in [0.1, 0.15) is 0 Å². The molecule has 0 atom stereocenters. The molecule has 0 aliphatic heterocycles. The average Bonchev–Trinajstić information content (AvgIpc) is 2.45. The first-order valence-corrected chi connectivity index (χ1v) is 8.46. The highest BCUT2D eigenvalue weighted by atomic mass is 35.5. The molecule has 21 heavy (non-hydrogen) atoms. The first-order chi connectivity index (χ1) is 9.85. The molecule has 0 heterocycles. The third-order valence-corrected chi connectivity index (χ3v) is 4.87. The first-order valence-electron chi connectivity index (χ1n) is 6.60. The Morgan fingerprint density at radius 1 is 1.29 bits per heavy atom. The molecule has 6 nitrogen and oxygen atoms in total. The Labute approximate surface area is 130 Å². The highest BCUT2D eigenvalue weighted by Crippen LogP contribution is 2.25. The summed E-state index contributed by atoms with van der Waals surface area (Å²) >= 11 is 6.14. The number of urea groups is 1. The summed E-state index contributed by atoms with van der Waals surface area (Å²) in [5.41, 5.74) is 0.485. The number of carbonyl (C=O) groups is 1. The molecule has 0 aromatic heterocycles. The van der Waals surface area contributed by atoms with Crippen molar-refractivity contribution in [2.75, 3.05) is 20.1 Å². The van der Waals surface area contributed by atoms with Crippen LogP contribution >= 0.6 is 11.6 Å². The van der Waals surface area contributed by atoms with Crippen LogP contribution in [0.3, 0.4) is 0 Å². The van der Waals surface area contributed by atoms with Gasteiger partial charge in [-0.25, -0.2) is 17.9 Å². The molecule has 0 aliphatic rings. The fourth-order valence-electron chi connectivity index (χ4n) is 1.84. The van der Waals surface area contributed by atoms with E-state index in [1.54, 1.807) is 12.1 Å². The third-order valence-electron chi connectivity index (χ3n) is 3.10. The van der Waals surface area contributed by atoms with Gasteiger partial charge in [-0.05, 0) is 25.2 Å². The minimum atomic E-state index is -3.96. The smallest absolute Gasteiger partial charge is 0.328 e. The number of hydrogen-bond acceptors (Lipinski definition) is 4. The normalized spacial score (nSPS) is 11.5. The van der Waals surface area contributed by atoms with Gasteiger partial charge in [0.15, 0.2) is 0 Å². The Morgan fingerprint density at radius 2 is 1.90 bits per heavy atom. The zero-order valence-electron chi connectivity index (χ0n) is 12.3. The van der Waals surface area contributed by atoms with Crippen LogP contribution in [0.2, 0.25) is 5.02 Å². The van der Waals surface area contributed by atoms with Crippen LogP contribution in [-0.2, 0) is 16.6 Å². The molecule has 1 rings (SSSR count). The summed E-state index contributed by atoms with van der Waals surface area (Å²) in [6.07, 6.45) is 0. The number of benzene rings is 1. The molecule has 0 fully saturated rings. The van der Waals surface area contributed by atoms with Crippen LogP contribution in [0.5, 0.6) is 0 Å². The summed E-state index contributed by atoms with van der Waals surface area (Å²) in [4.78, 5) is 13.3. The van der Waals surface area contributed by atoms with Crippen LogP contribution in [0.4, 0.5) is 4.79 Å². The summed E-state index contributed by atoms with van der Waals surface area (Å²) in [6.45, 7) is 5.90. The van der Waals surface area contributed by atoms with Gasteiger partial charge < -0.3 is 5.32 Å². The maximum atomic E-state index is 12.3. The maximum absolute atomic E-state index is 12.3. The molecule has 0 bridgehead atoms. The van der Waals surface area contributed by atoms with Gasteiger partial charge in [0, 0.05) is 24.2 Å². The van der Waals surface area contributed by atoms with Crippen molar-refractivity contribution in [1.82, 2.24) is 14.9 Å². The summed E-state index contributed by atoms with van der Waals surface area (Å²) in [6, 6.07) is 3.84.